The molecule has 7 nitrogen and oxygen atoms in total. The lowest BCUT2D eigenvalue weighted by Crippen LogP contribution is -2.28. The molecule has 1 rings (SSSR count). The van der Waals surface area contributed by atoms with Gasteiger partial charge in [0.2, 0.25) is 0 Å². The summed E-state index contributed by atoms with van der Waals surface area (Å²) in [6.07, 6.45) is 1.88. The molecule has 1 atom stereocenters. The highest BCUT2D eigenvalue weighted by molar-refractivity contribution is 7.80. The fraction of sp³-hybridized carbons (Fsp3) is 0.545. The molecule has 0 unspecified atom stereocenters. The zero-order valence-corrected chi connectivity index (χ0v) is 11.8. The number of anilines is 1. The van der Waals surface area contributed by atoms with Crippen LogP contribution in [0.4, 0.5) is 10.2 Å². The van der Waals surface area contributed by atoms with Crippen LogP contribution >= 0.6 is 12.6 Å². The third kappa shape index (κ3) is 5.17. The van der Waals surface area contributed by atoms with E-state index in [9.17, 15) is 14.0 Å². The summed E-state index contributed by atoms with van der Waals surface area (Å²) in [4.78, 5) is 25.8. The van der Waals surface area contributed by atoms with E-state index < -0.39 is 22.8 Å². The maximum atomic E-state index is 13.1. The van der Waals surface area contributed by atoms with E-state index in [2.05, 4.69) is 17.6 Å². The molecule has 1 aromatic heterocycles. The van der Waals surface area contributed by atoms with Crippen molar-refractivity contribution in [3.63, 3.8) is 0 Å². The Balaban J connectivity index is 2.45. The lowest BCUT2D eigenvalue weighted by molar-refractivity contribution is -0.146. The van der Waals surface area contributed by atoms with Gasteiger partial charge in [0.25, 0.3) is 0 Å². The first-order valence-corrected chi connectivity index (χ1v) is 6.43. The summed E-state index contributed by atoms with van der Waals surface area (Å²) in [5, 5.41) is 0. The molecule has 0 aliphatic rings. The van der Waals surface area contributed by atoms with E-state index in [1.54, 1.807) is 0 Å². The number of rotatable bonds is 7. The Hall–Kier alpha value is -1.61. The van der Waals surface area contributed by atoms with Gasteiger partial charge in [0.05, 0.1) is 6.20 Å². The van der Waals surface area contributed by atoms with Crippen molar-refractivity contribution in [3.8, 4) is 0 Å². The summed E-state index contributed by atoms with van der Waals surface area (Å²) in [6.45, 7) is 1.51. The van der Waals surface area contributed by atoms with Gasteiger partial charge in [-0.3, -0.25) is 9.36 Å². The average Bonchev–Trinajstić information content (AvgIpc) is 2.39. The summed E-state index contributed by atoms with van der Waals surface area (Å²) >= 11 is 4.03. The summed E-state index contributed by atoms with van der Waals surface area (Å²) in [5.74, 6) is -1.65. The number of nitrogens with two attached hydrogens (primary N) is 1. The lowest BCUT2D eigenvalue weighted by atomic mass is 10.3. The summed E-state index contributed by atoms with van der Waals surface area (Å²) in [7, 11) is 0. The molecule has 0 saturated heterocycles. The zero-order valence-electron chi connectivity index (χ0n) is 10.9. The number of carbonyl (C=O) groups is 1. The second kappa shape index (κ2) is 7.85. The Morgan fingerprint density at radius 2 is 2.35 bits per heavy atom. The van der Waals surface area contributed by atoms with Crippen LogP contribution in [0.2, 0.25) is 0 Å². The van der Waals surface area contributed by atoms with Gasteiger partial charge in [-0.05, 0) is 6.42 Å². The van der Waals surface area contributed by atoms with Crippen LogP contribution < -0.4 is 11.4 Å². The minimum absolute atomic E-state index is 0.0679. The minimum Gasteiger partial charge on any atom is -0.462 e. The Morgan fingerprint density at radius 1 is 1.65 bits per heavy atom. The molecule has 0 aromatic carbocycles. The first-order valence-electron chi connectivity index (χ1n) is 5.91. The van der Waals surface area contributed by atoms with Crippen molar-refractivity contribution in [2.45, 2.75) is 31.9 Å². The average molecular weight is 305 g/mol. The molecule has 112 valence electrons. The lowest BCUT2D eigenvalue weighted by Gasteiger charge is -2.13. The molecule has 1 heterocycles. The smallest absolute Gasteiger partial charge is 0.351 e. The van der Waals surface area contributed by atoms with E-state index in [1.807, 2.05) is 6.92 Å². The van der Waals surface area contributed by atoms with Gasteiger partial charge in [-0.2, -0.15) is 4.98 Å². The number of nitrogen functional groups attached to an aromatic ring is 1. The molecule has 0 radical (unpaired) electrons. The van der Waals surface area contributed by atoms with Crippen molar-refractivity contribution < 1.29 is 18.7 Å². The van der Waals surface area contributed by atoms with Crippen LogP contribution in [-0.2, 0) is 21.0 Å². The van der Waals surface area contributed by atoms with Crippen molar-refractivity contribution >= 4 is 24.4 Å². The van der Waals surface area contributed by atoms with Crippen LogP contribution in [0, 0.1) is 5.82 Å². The summed E-state index contributed by atoms with van der Waals surface area (Å²) in [6, 6.07) is 0. The normalized spacial score (nSPS) is 12.2. The zero-order chi connectivity index (χ0) is 15.1. The molecule has 2 N–H and O–H groups in total. The van der Waals surface area contributed by atoms with Gasteiger partial charge in [-0.15, -0.1) is 12.6 Å². The van der Waals surface area contributed by atoms with Crippen LogP contribution in [0.5, 0.6) is 0 Å². The van der Waals surface area contributed by atoms with Gasteiger partial charge in [0.15, 0.2) is 11.6 Å². The molecular weight excluding hydrogens is 289 g/mol. The fourth-order valence-corrected chi connectivity index (χ4v) is 1.37. The van der Waals surface area contributed by atoms with Crippen LogP contribution in [-0.4, -0.2) is 27.6 Å². The second-order valence-electron chi connectivity index (χ2n) is 3.91. The Labute approximate surface area is 120 Å². The molecule has 0 aliphatic carbocycles. The number of esters is 1. The van der Waals surface area contributed by atoms with Gasteiger partial charge in [0, 0.05) is 6.42 Å². The van der Waals surface area contributed by atoms with E-state index in [0.29, 0.717) is 12.8 Å². The molecule has 20 heavy (non-hydrogen) atoms. The van der Waals surface area contributed by atoms with Crippen LogP contribution in [0.15, 0.2) is 11.0 Å². The maximum Gasteiger partial charge on any atom is 0.351 e. The predicted octanol–water partition coefficient (Wildman–Crippen LogP) is 0.538. The first kappa shape index (κ1) is 16.4. The molecule has 0 bridgehead atoms. The van der Waals surface area contributed by atoms with Crippen LogP contribution in [0.25, 0.3) is 0 Å². The van der Waals surface area contributed by atoms with Gasteiger partial charge >= 0.3 is 11.7 Å². The third-order valence-corrected chi connectivity index (χ3v) is 2.52. The summed E-state index contributed by atoms with van der Waals surface area (Å²) in [5.41, 5.74) is 3.67. The number of halogens is 1. The molecule has 9 heteroatoms. The number of carbonyl (C=O) groups excluding carboxylic acids is 1. The largest absolute Gasteiger partial charge is 0.462 e. The monoisotopic (exact) mass is 305 g/mol. The van der Waals surface area contributed by atoms with Crippen LogP contribution in [0.1, 0.15) is 19.8 Å². The molecule has 0 spiro atoms. The predicted molar refractivity (Wildman–Crippen MR) is 72.6 cm³/mol. The standard InChI is InChI=1S/C11H16FN3O4S/c1-2-3-8(16)18-5-9(20)19-6-15-4-7(12)10(13)14-11(15)17/h4,9,20H,2-3,5-6H2,1H3,(H2,13,14,17)/t9-/m0/s1. The number of aromatic nitrogens is 2. The van der Waals surface area contributed by atoms with Crippen LogP contribution in [0.3, 0.4) is 0 Å². The SMILES string of the molecule is CCCC(=O)OC[C@H](S)OCn1cc(F)c(N)nc1=O. The highest BCUT2D eigenvalue weighted by Crippen LogP contribution is 2.04. The van der Waals surface area contributed by atoms with Gasteiger partial charge in [0.1, 0.15) is 18.8 Å². The highest BCUT2D eigenvalue weighted by atomic mass is 32.1. The first-order chi connectivity index (χ1) is 9.43. The van der Waals surface area contributed by atoms with Gasteiger partial charge in [-0.1, -0.05) is 6.92 Å². The molecule has 0 fully saturated rings. The minimum atomic E-state index is -0.821. The molecular formula is C11H16FN3O4S. The molecule has 0 saturated carbocycles. The fourth-order valence-electron chi connectivity index (χ4n) is 1.23. The number of thiol groups is 1. The molecule has 0 amide bonds. The number of ether oxygens (including phenoxy) is 2. The van der Waals surface area contributed by atoms with Crippen molar-refractivity contribution in [1.82, 2.24) is 9.55 Å². The number of hydrogen-bond acceptors (Lipinski definition) is 7. The summed E-state index contributed by atoms with van der Waals surface area (Å²) < 4.78 is 24.0. The third-order valence-electron chi connectivity index (χ3n) is 2.22. The van der Waals surface area contributed by atoms with Gasteiger partial charge < -0.3 is 15.2 Å². The maximum absolute atomic E-state index is 13.1. The van der Waals surface area contributed by atoms with Crippen molar-refractivity contribution in [2.75, 3.05) is 12.3 Å². The topological polar surface area (TPSA) is 96.4 Å². The van der Waals surface area contributed by atoms with E-state index in [0.717, 1.165) is 10.8 Å². The molecule has 0 aliphatic heterocycles. The quantitative estimate of drug-likeness (QED) is 0.433. The van der Waals surface area contributed by atoms with E-state index >= 15 is 0 Å². The number of hydrogen-bond donors (Lipinski definition) is 2. The Kier molecular flexibility index (Phi) is 6.46. The second-order valence-corrected chi connectivity index (χ2v) is 4.49. The van der Waals surface area contributed by atoms with Gasteiger partial charge in [-0.25, -0.2) is 9.18 Å². The molecule has 1 aromatic rings. The van der Waals surface area contributed by atoms with E-state index in [1.165, 1.54) is 0 Å². The number of nitrogens with zero attached hydrogens (tertiary/aromatic N) is 2. The van der Waals surface area contributed by atoms with E-state index in [4.69, 9.17) is 15.2 Å². The Morgan fingerprint density at radius 3 is 3.00 bits per heavy atom. The van der Waals surface area contributed by atoms with Crippen molar-refractivity contribution in [2.24, 2.45) is 0 Å². The van der Waals surface area contributed by atoms with E-state index in [-0.39, 0.29) is 19.3 Å². The highest BCUT2D eigenvalue weighted by Gasteiger charge is 2.10. The van der Waals surface area contributed by atoms with Crippen molar-refractivity contribution in [1.29, 1.82) is 0 Å². The Bertz CT molecular complexity index is 523. The van der Waals surface area contributed by atoms with Crippen molar-refractivity contribution in [3.05, 3.63) is 22.5 Å².